The van der Waals surface area contributed by atoms with Gasteiger partial charge in [-0.2, -0.15) is 0 Å². The standard InChI is InChI=1S/C11H21NO3Si.BH4.Na/c1-11(2,3)16(4,5)14-8-10-6-9(7-13)12-15-10;;/h6,13H,7-8H2,1-5H3;1H4;/q;-1;+1. The molecule has 100 valence electrons. The first-order valence-corrected chi connectivity index (χ1v) is 8.36. The van der Waals surface area contributed by atoms with Gasteiger partial charge in [0.1, 0.15) is 5.69 Å². The number of aliphatic hydroxyl groups excluding tert-OH is 1. The maximum atomic E-state index is 8.85. The summed E-state index contributed by atoms with van der Waals surface area (Å²) >= 11 is 0. The Balaban J connectivity index is 0. The van der Waals surface area contributed by atoms with Gasteiger partial charge in [0.15, 0.2) is 14.1 Å². The molecule has 0 atom stereocenters. The Hall–Kier alpha value is 0.412. The van der Waals surface area contributed by atoms with Crippen molar-refractivity contribution in [3.63, 3.8) is 0 Å². The quantitative estimate of drug-likeness (QED) is 0.665. The molecule has 4 nitrogen and oxygen atoms in total. The molecule has 1 aromatic rings. The maximum Gasteiger partial charge on any atom is 1.00 e. The number of hydrogen-bond acceptors (Lipinski definition) is 4. The summed E-state index contributed by atoms with van der Waals surface area (Å²) < 4.78 is 11.0. The van der Waals surface area contributed by atoms with E-state index in [-0.39, 0.29) is 49.6 Å². The predicted molar refractivity (Wildman–Crippen MR) is 75.7 cm³/mol. The summed E-state index contributed by atoms with van der Waals surface area (Å²) in [6.07, 6.45) is 0. The van der Waals surface area contributed by atoms with E-state index in [1.54, 1.807) is 6.07 Å². The number of hydrogen-bond donors (Lipinski definition) is 1. The second-order valence-electron chi connectivity index (χ2n) is 5.49. The van der Waals surface area contributed by atoms with Crippen LogP contribution in [0.1, 0.15) is 32.2 Å². The molecule has 0 saturated carbocycles. The maximum absolute atomic E-state index is 8.85. The van der Waals surface area contributed by atoms with Crippen molar-refractivity contribution < 1.29 is 43.6 Å². The van der Waals surface area contributed by atoms with Gasteiger partial charge in [0, 0.05) is 6.07 Å². The molecule has 0 unspecified atom stereocenters. The zero-order valence-electron chi connectivity index (χ0n) is 11.7. The fraction of sp³-hybridized carbons (Fsp3) is 0.727. The second-order valence-corrected chi connectivity index (χ2v) is 10.3. The third-order valence-corrected chi connectivity index (χ3v) is 7.63. The van der Waals surface area contributed by atoms with Crippen molar-refractivity contribution in [2.45, 2.75) is 52.1 Å². The van der Waals surface area contributed by atoms with E-state index in [1.807, 2.05) is 0 Å². The molecule has 1 heterocycles. The first-order valence-electron chi connectivity index (χ1n) is 5.45. The van der Waals surface area contributed by atoms with Crippen molar-refractivity contribution >= 4 is 16.7 Å². The van der Waals surface area contributed by atoms with Crippen LogP contribution in [0, 0.1) is 0 Å². The van der Waals surface area contributed by atoms with Crippen molar-refractivity contribution in [2.75, 3.05) is 0 Å². The molecule has 0 fully saturated rings. The molecule has 1 N–H and O–H groups in total. The van der Waals surface area contributed by atoms with Gasteiger partial charge >= 0.3 is 29.6 Å². The zero-order chi connectivity index (χ0) is 12.4. The molecular formula is C11H25BNNaO3Si. The molecule has 0 saturated heterocycles. The number of aliphatic hydroxyl groups is 1. The van der Waals surface area contributed by atoms with Crippen molar-refractivity contribution in [1.29, 1.82) is 0 Å². The van der Waals surface area contributed by atoms with Crippen molar-refractivity contribution in [1.82, 2.24) is 5.16 Å². The van der Waals surface area contributed by atoms with Crippen LogP contribution in [0.15, 0.2) is 10.6 Å². The van der Waals surface area contributed by atoms with Crippen LogP contribution in [0.25, 0.3) is 0 Å². The average molecular weight is 281 g/mol. The van der Waals surface area contributed by atoms with E-state index in [0.717, 1.165) is 0 Å². The van der Waals surface area contributed by atoms with Gasteiger partial charge in [0.05, 0.1) is 13.2 Å². The minimum Gasteiger partial charge on any atom is -0.409 e. The first-order chi connectivity index (χ1) is 7.26. The summed E-state index contributed by atoms with van der Waals surface area (Å²) in [4.78, 5) is 0. The Morgan fingerprint density at radius 2 is 1.94 bits per heavy atom. The minimum absolute atomic E-state index is 0. The van der Waals surface area contributed by atoms with E-state index in [9.17, 15) is 0 Å². The van der Waals surface area contributed by atoms with Gasteiger partial charge in [-0.15, -0.1) is 0 Å². The molecular weight excluding hydrogens is 256 g/mol. The smallest absolute Gasteiger partial charge is 0.409 e. The number of aromatic nitrogens is 1. The van der Waals surface area contributed by atoms with Crippen molar-refractivity contribution in [3.05, 3.63) is 17.5 Å². The molecule has 0 aliphatic rings. The van der Waals surface area contributed by atoms with Gasteiger partial charge in [-0.05, 0) is 18.1 Å². The van der Waals surface area contributed by atoms with Crippen LogP contribution >= 0.6 is 0 Å². The van der Waals surface area contributed by atoms with E-state index in [2.05, 4.69) is 39.0 Å². The molecule has 0 amide bonds. The van der Waals surface area contributed by atoms with Crippen molar-refractivity contribution in [3.8, 4) is 0 Å². The molecule has 0 spiro atoms. The van der Waals surface area contributed by atoms with E-state index >= 15 is 0 Å². The third kappa shape index (κ3) is 5.59. The molecule has 1 rings (SSSR count). The Labute approximate surface area is 134 Å². The van der Waals surface area contributed by atoms with Gasteiger partial charge in [0.2, 0.25) is 0 Å². The SMILES string of the molecule is CC(C)(C)[Si](C)(C)OCc1cc(CO)no1.[BH4-].[Na+]. The molecule has 0 aromatic carbocycles. The van der Waals surface area contributed by atoms with Crippen LogP contribution in [0.3, 0.4) is 0 Å². The Morgan fingerprint density at radius 1 is 1.39 bits per heavy atom. The zero-order valence-corrected chi connectivity index (χ0v) is 14.7. The van der Waals surface area contributed by atoms with Gasteiger partial charge in [0.25, 0.3) is 0 Å². The summed E-state index contributed by atoms with van der Waals surface area (Å²) in [5.41, 5.74) is 0.550. The Morgan fingerprint density at radius 3 is 2.33 bits per heavy atom. The predicted octanol–water partition coefficient (Wildman–Crippen LogP) is -1.76. The topological polar surface area (TPSA) is 55.5 Å². The van der Waals surface area contributed by atoms with Crippen LogP contribution in [0.4, 0.5) is 0 Å². The van der Waals surface area contributed by atoms with Crippen molar-refractivity contribution in [2.24, 2.45) is 0 Å². The van der Waals surface area contributed by atoms with Crippen LogP contribution in [-0.2, 0) is 17.6 Å². The fourth-order valence-corrected chi connectivity index (χ4v) is 1.90. The van der Waals surface area contributed by atoms with Gasteiger partial charge in [-0.3, -0.25) is 0 Å². The summed E-state index contributed by atoms with van der Waals surface area (Å²) in [6, 6.07) is 1.73. The normalized spacial score (nSPS) is 11.7. The molecule has 0 aliphatic heterocycles. The van der Waals surface area contributed by atoms with Crippen LogP contribution in [0.2, 0.25) is 18.1 Å². The Bertz CT molecular complexity index is 352. The minimum atomic E-state index is -1.74. The second kappa shape index (κ2) is 7.87. The third-order valence-electron chi connectivity index (χ3n) is 3.15. The molecule has 0 radical (unpaired) electrons. The van der Waals surface area contributed by atoms with Gasteiger partial charge in [-0.1, -0.05) is 34.3 Å². The molecule has 0 bridgehead atoms. The number of nitrogens with zero attached hydrogens (tertiary/aromatic N) is 1. The van der Waals surface area contributed by atoms with E-state index in [4.69, 9.17) is 14.1 Å². The number of rotatable bonds is 4. The molecule has 0 aliphatic carbocycles. The fourth-order valence-electron chi connectivity index (χ4n) is 0.966. The summed E-state index contributed by atoms with van der Waals surface area (Å²) in [5, 5.41) is 12.7. The van der Waals surface area contributed by atoms with Crippen LogP contribution < -0.4 is 29.6 Å². The van der Waals surface area contributed by atoms with E-state index in [0.29, 0.717) is 18.1 Å². The molecule has 7 heteroatoms. The van der Waals surface area contributed by atoms with Gasteiger partial charge in [-0.25, -0.2) is 0 Å². The van der Waals surface area contributed by atoms with E-state index < -0.39 is 8.32 Å². The first kappa shape index (κ1) is 20.7. The van der Waals surface area contributed by atoms with Crippen LogP contribution in [-0.4, -0.2) is 27.0 Å². The molecule has 1 aromatic heterocycles. The van der Waals surface area contributed by atoms with E-state index in [1.165, 1.54) is 0 Å². The summed E-state index contributed by atoms with van der Waals surface area (Å²) in [6.45, 7) is 11.3. The largest absolute Gasteiger partial charge is 1.00 e. The molecule has 18 heavy (non-hydrogen) atoms. The van der Waals surface area contributed by atoms with Crippen LogP contribution in [0.5, 0.6) is 0 Å². The average Bonchev–Trinajstić information content (AvgIpc) is 2.60. The summed E-state index contributed by atoms with van der Waals surface area (Å²) in [5.74, 6) is 0.675. The van der Waals surface area contributed by atoms with Gasteiger partial charge < -0.3 is 14.1 Å². The Kier molecular flexibility index (Phi) is 9.06. The summed E-state index contributed by atoms with van der Waals surface area (Å²) in [7, 11) is -1.74. The monoisotopic (exact) mass is 281 g/mol.